The predicted molar refractivity (Wildman–Crippen MR) is 79.5 cm³/mol. The minimum Gasteiger partial charge on any atom is -0.384 e. The molecule has 0 atom stereocenters. The first kappa shape index (κ1) is 15.7. The van der Waals surface area contributed by atoms with Crippen LogP contribution in [0.5, 0.6) is 0 Å². The Labute approximate surface area is 119 Å². The van der Waals surface area contributed by atoms with Gasteiger partial charge in [-0.3, -0.25) is 4.79 Å². The highest BCUT2D eigenvalue weighted by atomic mass is 32.1. The molecule has 4 heteroatoms. The maximum absolute atomic E-state index is 11.9. The van der Waals surface area contributed by atoms with Crippen molar-refractivity contribution in [1.29, 1.82) is 0 Å². The molecule has 0 fully saturated rings. The second-order valence-electron chi connectivity index (χ2n) is 4.40. The lowest BCUT2D eigenvalue weighted by molar-refractivity contribution is 0.0957. The number of unbranched alkanes of at least 4 members (excludes halogenated alkanes) is 3. The SMILES string of the molecule is CCCCCCNC(=O)c1cc(C)c(C#CCO)s1. The molecule has 0 aromatic carbocycles. The van der Waals surface area contributed by atoms with E-state index >= 15 is 0 Å². The second-order valence-corrected chi connectivity index (χ2v) is 5.45. The number of carbonyl (C=O) groups is 1. The van der Waals surface area contributed by atoms with Gasteiger partial charge < -0.3 is 10.4 Å². The molecular formula is C15H21NO2S. The molecule has 1 heterocycles. The number of thiophene rings is 1. The van der Waals surface area contributed by atoms with Crippen LogP contribution in [0, 0.1) is 18.8 Å². The standard InChI is InChI=1S/C15H21NO2S/c1-3-4-5-6-9-16-15(18)14-11-12(2)13(19-14)8-7-10-17/h11,17H,3-6,9-10H2,1-2H3,(H,16,18). The molecule has 2 N–H and O–H groups in total. The molecule has 1 aromatic rings. The minimum absolute atomic E-state index is 0.0263. The summed E-state index contributed by atoms with van der Waals surface area (Å²) in [5, 5.41) is 11.6. The zero-order valence-corrected chi connectivity index (χ0v) is 12.4. The van der Waals surface area contributed by atoms with Gasteiger partial charge in [0.05, 0.1) is 9.75 Å². The molecule has 1 amide bonds. The predicted octanol–water partition coefficient (Wildman–Crippen LogP) is 2.71. The van der Waals surface area contributed by atoms with Gasteiger partial charge in [-0.2, -0.15) is 0 Å². The van der Waals surface area contributed by atoms with Crippen LogP contribution in [0.3, 0.4) is 0 Å². The highest BCUT2D eigenvalue weighted by Crippen LogP contribution is 2.20. The molecule has 0 bridgehead atoms. The van der Waals surface area contributed by atoms with E-state index in [0.717, 1.165) is 29.8 Å². The van der Waals surface area contributed by atoms with Crippen molar-refractivity contribution in [2.75, 3.05) is 13.2 Å². The van der Waals surface area contributed by atoms with Gasteiger partial charge in [0.25, 0.3) is 5.91 Å². The fraction of sp³-hybridized carbons (Fsp3) is 0.533. The third-order valence-electron chi connectivity index (χ3n) is 2.74. The van der Waals surface area contributed by atoms with Crippen LogP contribution in [0.15, 0.2) is 6.07 Å². The molecule has 0 saturated heterocycles. The van der Waals surface area contributed by atoms with Gasteiger partial charge in [-0.05, 0) is 25.0 Å². The Kier molecular flexibility index (Phi) is 7.24. The van der Waals surface area contributed by atoms with Crippen molar-refractivity contribution in [3.63, 3.8) is 0 Å². The Morgan fingerprint density at radius 3 is 2.89 bits per heavy atom. The Bertz CT molecular complexity index is 468. The number of hydrogen-bond acceptors (Lipinski definition) is 3. The van der Waals surface area contributed by atoms with Gasteiger partial charge in [0.15, 0.2) is 0 Å². The molecule has 0 radical (unpaired) electrons. The molecule has 19 heavy (non-hydrogen) atoms. The van der Waals surface area contributed by atoms with Crippen LogP contribution in [0.1, 0.15) is 52.7 Å². The first-order valence-corrected chi connectivity index (χ1v) is 7.49. The molecule has 0 unspecified atom stereocenters. The largest absolute Gasteiger partial charge is 0.384 e. The normalized spacial score (nSPS) is 9.84. The average Bonchev–Trinajstić information content (AvgIpc) is 2.77. The van der Waals surface area contributed by atoms with Crippen molar-refractivity contribution in [3.05, 3.63) is 21.4 Å². The van der Waals surface area contributed by atoms with Crippen molar-refractivity contribution < 1.29 is 9.90 Å². The van der Waals surface area contributed by atoms with E-state index in [0.29, 0.717) is 4.88 Å². The molecule has 0 aliphatic heterocycles. The van der Waals surface area contributed by atoms with Crippen LogP contribution in [-0.2, 0) is 0 Å². The first-order valence-electron chi connectivity index (χ1n) is 6.67. The fourth-order valence-corrected chi connectivity index (χ4v) is 2.64. The summed E-state index contributed by atoms with van der Waals surface area (Å²) in [7, 11) is 0. The van der Waals surface area contributed by atoms with Crippen LogP contribution in [0.2, 0.25) is 0 Å². The van der Waals surface area contributed by atoms with E-state index in [1.165, 1.54) is 24.2 Å². The number of amides is 1. The highest BCUT2D eigenvalue weighted by molar-refractivity contribution is 7.14. The topological polar surface area (TPSA) is 49.3 Å². The summed E-state index contributed by atoms with van der Waals surface area (Å²) in [4.78, 5) is 13.5. The van der Waals surface area contributed by atoms with E-state index < -0.39 is 0 Å². The molecule has 104 valence electrons. The van der Waals surface area contributed by atoms with Gasteiger partial charge >= 0.3 is 0 Å². The van der Waals surface area contributed by atoms with Gasteiger partial charge in [-0.1, -0.05) is 38.0 Å². The number of hydrogen-bond donors (Lipinski definition) is 2. The van der Waals surface area contributed by atoms with E-state index in [4.69, 9.17) is 5.11 Å². The summed E-state index contributed by atoms with van der Waals surface area (Å²) in [6.45, 7) is 4.67. The lowest BCUT2D eigenvalue weighted by atomic mass is 10.2. The van der Waals surface area contributed by atoms with Crippen LogP contribution >= 0.6 is 11.3 Å². The lowest BCUT2D eigenvalue weighted by Crippen LogP contribution is -2.23. The summed E-state index contributed by atoms with van der Waals surface area (Å²) in [6.07, 6.45) is 4.61. The molecule has 0 aliphatic carbocycles. The quantitative estimate of drug-likeness (QED) is 0.621. The smallest absolute Gasteiger partial charge is 0.261 e. The third-order valence-corrected chi connectivity index (χ3v) is 3.89. The van der Waals surface area contributed by atoms with Crippen molar-refractivity contribution in [2.45, 2.75) is 39.5 Å². The first-order chi connectivity index (χ1) is 9.19. The van der Waals surface area contributed by atoms with Crippen LogP contribution in [-0.4, -0.2) is 24.2 Å². The van der Waals surface area contributed by atoms with E-state index in [9.17, 15) is 4.79 Å². The van der Waals surface area contributed by atoms with Gasteiger partial charge in [-0.25, -0.2) is 0 Å². The number of aliphatic hydroxyl groups is 1. The van der Waals surface area contributed by atoms with E-state index in [-0.39, 0.29) is 12.5 Å². The number of aliphatic hydroxyl groups excluding tert-OH is 1. The van der Waals surface area contributed by atoms with E-state index in [1.807, 2.05) is 13.0 Å². The summed E-state index contributed by atoms with van der Waals surface area (Å²) in [6, 6.07) is 1.85. The maximum Gasteiger partial charge on any atom is 0.261 e. The van der Waals surface area contributed by atoms with Crippen molar-refractivity contribution in [3.8, 4) is 11.8 Å². The average molecular weight is 279 g/mol. The fourth-order valence-electron chi connectivity index (χ4n) is 1.68. The molecule has 1 aromatic heterocycles. The van der Waals surface area contributed by atoms with Crippen molar-refractivity contribution >= 4 is 17.2 Å². The summed E-state index contributed by atoms with van der Waals surface area (Å²) in [5.41, 5.74) is 0.988. The van der Waals surface area contributed by atoms with E-state index in [2.05, 4.69) is 24.1 Å². The molecular weight excluding hydrogens is 258 g/mol. The van der Waals surface area contributed by atoms with Gasteiger partial charge in [0.1, 0.15) is 6.61 Å². The van der Waals surface area contributed by atoms with Crippen molar-refractivity contribution in [2.24, 2.45) is 0 Å². The van der Waals surface area contributed by atoms with Crippen LogP contribution < -0.4 is 5.32 Å². The number of nitrogens with one attached hydrogen (secondary N) is 1. The summed E-state index contributed by atoms with van der Waals surface area (Å²) >= 11 is 1.38. The van der Waals surface area contributed by atoms with E-state index in [1.54, 1.807) is 0 Å². The van der Waals surface area contributed by atoms with Crippen molar-refractivity contribution in [1.82, 2.24) is 5.32 Å². The summed E-state index contributed by atoms with van der Waals surface area (Å²) in [5.74, 6) is 5.44. The monoisotopic (exact) mass is 279 g/mol. The van der Waals surface area contributed by atoms with Crippen LogP contribution in [0.4, 0.5) is 0 Å². The maximum atomic E-state index is 11.9. The highest BCUT2D eigenvalue weighted by Gasteiger charge is 2.10. The zero-order chi connectivity index (χ0) is 14.1. The number of aryl methyl sites for hydroxylation is 1. The Morgan fingerprint density at radius 2 is 2.21 bits per heavy atom. The van der Waals surface area contributed by atoms with Gasteiger partial charge in [-0.15, -0.1) is 11.3 Å². The van der Waals surface area contributed by atoms with Gasteiger partial charge in [0.2, 0.25) is 0 Å². The molecule has 0 aliphatic rings. The molecule has 3 nitrogen and oxygen atoms in total. The minimum atomic E-state index is -0.156. The number of carbonyl (C=O) groups excluding carboxylic acids is 1. The lowest BCUT2D eigenvalue weighted by Gasteiger charge is -2.02. The Morgan fingerprint density at radius 1 is 1.42 bits per heavy atom. The van der Waals surface area contributed by atoms with Gasteiger partial charge in [0, 0.05) is 6.54 Å². The third kappa shape index (κ3) is 5.46. The number of rotatable bonds is 6. The summed E-state index contributed by atoms with van der Waals surface area (Å²) < 4.78 is 0. The van der Waals surface area contributed by atoms with Crippen LogP contribution in [0.25, 0.3) is 0 Å². The Hall–Kier alpha value is -1.31. The molecule has 0 spiro atoms. The Balaban J connectivity index is 2.48. The zero-order valence-electron chi connectivity index (χ0n) is 11.6. The second kappa shape index (κ2) is 8.73. The molecule has 1 rings (SSSR count). The molecule has 0 saturated carbocycles.